The molecule has 1 aliphatic heterocycles. The minimum absolute atomic E-state index is 0.0751. The van der Waals surface area contributed by atoms with Gasteiger partial charge in [0.15, 0.2) is 0 Å². The number of nitrogens with two attached hydrogens (primary N) is 1. The summed E-state index contributed by atoms with van der Waals surface area (Å²) in [6.45, 7) is 1.49. The molecule has 3 aliphatic rings. The zero-order chi connectivity index (χ0) is 17.1. The van der Waals surface area contributed by atoms with Crippen LogP contribution in [0, 0.1) is 17.8 Å². The molecule has 0 spiro atoms. The Morgan fingerprint density at radius 2 is 2.00 bits per heavy atom. The number of halogens is 3. The minimum Gasteiger partial charge on any atom is -0.342 e. The highest BCUT2D eigenvalue weighted by atomic mass is 19.4. The molecule has 24 heavy (non-hydrogen) atoms. The van der Waals surface area contributed by atoms with E-state index in [9.17, 15) is 18.0 Å². The number of likely N-dealkylation sites (tertiary alicyclic amines) is 1. The van der Waals surface area contributed by atoms with E-state index in [1.807, 2.05) is 4.90 Å². The molecule has 1 amide bonds. The maximum atomic E-state index is 12.8. The van der Waals surface area contributed by atoms with Crippen molar-refractivity contribution >= 4 is 5.91 Å². The van der Waals surface area contributed by atoms with Gasteiger partial charge in [0.25, 0.3) is 0 Å². The summed E-state index contributed by atoms with van der Waals surface area (Å²) in [5, 5.41) is 0. The summed E-state index contributed by atoms with van der Waals surface area (Å²) in [4.78, 5) is 14.6. The molecular weight excluding hydrogens is 317 g/mol. The summed E-state index contributed by atoms with van der Waals surface area (Å²) in [6, 6.07) is 5.57. The molecule has 3 fully saturated rings. The highest BCUT2D eigenvalue weighted by Crippen LogP contribution is 2.50. The maximum Gasteiger partial charge on any atom is 0.416 e. The molecule has 0 radical (unpaired) electrons. The van der Waals surface area contributed by atoms with Crippen LogP contribution in [0.25, 0.3) is 0 Å². The van der Waals surface area contributed by atoms with Crippen molar-refractivity contribution in [3.05, 3.63) is 35.4 Å². The summed E-state index contributed by atoms with van der Waals surface area (Å²) in [6.07, 6.45) is -1.57. The summed E-state index contributed by atoms with van der Waals surface area (Å²) >= 11 is 0. The first-order chi connectivity index (χ1) is 11.3. The van der Waals surface area contributed by atoms with Crippen LogP contribution in [0.2, 0.25) is 0 Å². The van der Waals surface area contributed by atoms with E-state index >= 15 is 0 Å². The van der Waals surface area contributed by atoms with Crippen LogP contribution in [-0.4, -0.2) is 29.9 Å². The fraction of sp³-hybridized carbons (Fsp3) is 0.611. The molecule has 130 valence electrons. The van der Waals surface area contributed by atoms with Crippen LogP contribution in [0.4, 0.5) is 13.2 Å². The van der Waals surface area contributed by atoms with Crippen LogP contribution in [-0.2, 0) is 11.0 Å². The van der Waals surface area contributed by atoms with Gasteiger partial charge < -0.3 is 10.6 Å². The number of alkyl halides is 3. The second-order valence-electron chi connectivity index (χ2n) is 7.48. The summed E-state index contributed by atoms with van der Waals surface area (Å²) < 4.78 is 38.5. The van der Waals surface area contributed by atoms with Crippen LogP contribution in [0.15, 0.2) is 24.3 Å². The summed E-state index contributed by atoms with van der Waals surface area (Å²) in [5.74, 6) is 0.769. The average molecular weight is 338 g/mol. The van der Waals surface area contributed by atoms with Gasteiger partial charge in [0.05, 0.1) is 5.56 Å². The second kappa shape index (κ2) is 5.48. The number of carbonyl (C=O) groups is 1. The third-order valence-electron chi connectivity index (χ3n) is 5.97. The molecule has 1 heterocycles. The van der Waals surface area contributed by atoms with Crippen molar-refractivity contribution in [2.75, 3.05) is 13.1 Å². The highest BCUT2D eigenvalue weighted by Gasteiger charge is 2.50. The Morgan fingerprint density at radius 1 is 1.21 bits per heavy atom. The fourth-order valence-corrected chi connectivity index (χ4v) is 4.50. The molecule has 1 aromatic rings. The molecule has 1 aromatic carbocycles. The van der Waals surface area contributed by atoms with E-state index in [0.717, 1.165) is 32.0 Å². The Labute approximate surface area is 139 Å². The van der Waals surface area contributed by atoms with Crippen molar-refractivity contribution in [3.63, 3.8) is 0 Å². The molecule has 5 atom stereocenters. The minimum atomic E-state index is -4.34. The van der Waals surface area contributed by atoms with E-state index in [-0.39, 0.29) is 23.8 Å². The number of nitrogens with zero attached hydrogens (tertiary/aromatic N) is 1. The van der Waals surface area contributed by atoms with Gasteiger partial charge in [-0.2, -0.15) is 13.2 Å². The van der Waals surface area contributed by atoms with Crippen LogP contribution in [0.1, 0.15) is 36.3 Å². The topological polar surface area (TPSA) is 46.3 Å². The average Bonchev–Trinajstić information content (AvgIpc) is 3.11. The van der Waals surface area contributed by atoms with Gasteiger partial charge in [0.1, 0.15) is 0 Å². The number of benzene rings is 1. The summed E-state index contributed by atoms with van der Waals surface area (Å²) in [7, 11) is 0. The van der Waals surface area contributed by atoms with E-state index in [2.05, 4.69) is 0 Å². The van der Waals surface area contributed by atoms with E-state index < -0.39 is 11.7 Å². The lowest BCUT2D eigenvalue weighted by Gasteiger charge is -2.19. The molecule has 5 unspecified atom stereocenters. The number of rotatable bonds is 2. The molecule has 0 bridgehead atoms. The number of fused-ring (bicyclic) bond motifs is 1. The number of hydrogen-bond donors (Lipinski definition) is 1. The third kappa shape index (κ3) is 2.70. The Bertz CT molecular complexity index is 660. The first-order valence-electron chi connectivity index (χ1n) is 8.56. The second-order valence-corrected chi connectivity index (χ2v) is 7.48. The van der Waals surface area contributed by atoms with E-state index in [1.165, 1.54) is 12.1 Å². The quantitative estimate of drug-likeness (QED) is 0.901. The molecule has 0 aromatic heterocycles. The van der Waals surface area contributed by atoms with E-state index in [0.29, 0.717) is 23.8 Å². The third-order valence-corrected chi connectivity index (χ3v) is 5.97. The van der Waals surface area contributed by atoms with Crippen molar-refractivity contribution in [2.45, 2.75) is 37.4 Å². The molecule has 2 saturated carbocycles. The normalized spacial score (nSPS) is 35.2. The maximum absolute atomic E-state index is 12.8. The number of hydrogen-bond acceptors (Lipinski definition) is 2. The van der Waals surface area contributed by atoms with Crippen LogP contribution < -0.4 is 5.73 Å². The van der Waals surface area contributed by atoms with Gasteiger partial charge in [0.2, 0.25) is 5.91 Å². The highest BCUT2D eigenvalue weighted by molar-refractivity contribution is 5.83. The van der Waals surface area contributed by atoms with Gasteiger partial charge in [0, 0.05) is 25.0 Å². The van der Waals surface area contributed by atoms with Crippen molar-refractivity contribution < 1.29 is 18.0 Å². The Morgan fingerprint density at radius 3 is 2.71 bits per heavy atom. The van der Waals surface area contributed by atoms with Gasteiger partial charge in [-0.15, -0.1) is 0 Å². The van der Waals surface area contributed by atoms with Gasteiger partial charge in [-0.25, -0.2) is 0 Å². The fourth-order valence-electron chi connectivity index (χ4n) is 4.50. The van der Waals surface area contributed by atoms with Crippen LogP contribution in [0.3, 0.4) is 0 Å². The van der Waals surface area contributed by atoms with Crippen molar-refractivity contribution in [1.82, 2.24) is 4.90 Å². The Kier molecular flexibility index (Phi) is 3.64. The molecule has 3 nitrogen and oxygen atoms in total. The van der Waals surface area contributed by atoms with Crippen molar-refractivity contribution in [2.24, 2.45) is 23.5 Å². The van der Waals surface area contributed by atoms with Crippen molar-refractivity contribution in [1.29, 1.82) is 0 Å². The van der Waals surface area contributed by atoms with Gasteiger partial charge >= 0.3 is 6.18 Å². The molecule has 1 saturated heterocycles. The Balaban J connectivity index is 1.43. The predicted octanol–water partition coefficient (Wildman–Crippen LogP) is 3.00. The van der Waals surface area contributed by atoms with Gasteiger partial charge in [-0.3, -0.25) is 4.79 Å². The first-order valence-corrected chi connectivity index (χ1v) is 8.56. The lowest BCUT2D eigenvalue weighted by Crippen LogP contribution is -2.34. The predicted molar refractivity (Wildman–Crippen MR) is 83.1 cm³/mol. The molecule has 6 heteroatoms. The zero-order valence-electron chi connectivity index (χ0n) is 13.3. The molecule has 2 aliphatic carbocycles. The van der Waals surface area contributed by atoms with Gasteiger partial charge in [-0.1, -0.05) is 18.2 Å². The van der Waals surface area contributed by atoms with Crippen LogP contribution >= 0.6 is 0 Å². The smallest absolute Gasteiger partial charge is 0.342 e. The monoisotopic (exact) mass is 338 g/mol. The van der Waals surface area contributed by atoms with E-state index in [4.69, 9.17) is 5.73 Å². The standard InChI is InChI=1S/C18H21F3N2O/c19-18(20,21)12-3-1-2-10(6-12)13-7-14(13)17(24)23-8-11-4-5-16(22)15(11)9-23/h1-3,6,11,13-16H,4-5,7-9,22H2. The lowest BCUT2D eigenvalue weighted by atomic mass is 9.98. The van der Waals surface area contributed by atoms with E-state index in [1.54, 1.807) is 6.07 Å². The number of carbonyl (C=O) groups excluding carboxylic acids is 1. The number of amides is 1. The zero-order valence-corrected chi connectivity index (χ0v) is 13.3. The lowest BCUT2D eigenvalue weighted by molar-refractivity contribution is -0.137. The van der Waals surface area contributed by atoms with Gasteiger partial charge in [-0.05, 0) is 48.6 Å². The molecule has 2 N–H and O–H groups in total. The van der Waals surface area contributed by atoms with Crippen molar-refractivity contribution in [3.8, 4) is 0 Å². The Hall–Kier alpha value is -1.56. The molecular formula is C18H21F3N2O. The first kappa shape index (κ1) is 15.9. The van der Waals surface area contributed by atoms with Crippen LogP contribution in [0.5, 0.6) is 0 Å². The summed E-state index contributed by atoms with van der Waals surface area (Å²) in [5.41, 5.74) is 6.09. The largest absolute Gasteiger partial charge is 0.416 e. The SMILES string of the molecule is NC1CCC2CN(C(=O)C3CC3c3cccc(C(F)(F)F)c3)CC12. The molecule has 4 rings (SSSR count).